The topological polar surface area (TPSA) is 54.5 Å². The maximum absolute atomic E-state index is 6.32. The number of rotatable bonds is 4. The van der Waals surface area contributed by atoms with Crippen LogP contribution in [0.2, 0.25) is 5.02 Å². The molecule has 21 heavy (non-hydrogen) atoms. The van der Waals surface area contributed by atoms with Gasteiger partial charge in [-0.3, -0.25) is 4.98 Å². The summed E-state index contributed by atoms with van der Waals surface area (Å²) in [5.41, 5.74) is 4.51. The predicted octanol–water partition coefficient (Wildman–Crippen LogP) is 3.96. The lowest BCUT2D eigenvalue weighted by molar-refractivity contribution is 1.16. The molecule has 3 heterocycles. The lowest BCUT2D eigenvalue weighted by Gasteiger charge is -2.05. The summed E-state index contributed by atoms with van der Waals surface area (Å²) < 4.78 is 0. The van der Waals surface area contributed by atoms with E-state index in [0.717, 1.165) is 33.3 Å². The van der Waals surface area contributed by atoms with E-state index in [9.17, 15) is 0 Å². The lowest BCUT2D eigenvalue weighted by Crippen LogP contribution is -1.90. The van der Waals surface area contributed by atoms with Crippen molar-refractivity contribution in [2.75, 3.05) is 0 Å². The third-order valence-corrected chi connectivity index (χ3v) is 3.57. The molecule has 0 bridgehead atoms. The van der Waals surface area contributed by atoms with Crippen LogP contribution in [0.5, 0.6) is 0 Å². The van der Waals surface area contributed by atoms with Crippen LogP contribution in [-0.4, -0.2) is 19.9 Å². The van der Waals surface area contributed by atoms with Gasteiger partial charge in [0.1, 0.15) is 6.33 Å². The summed E-state index contributed by atoms with van der Waals surface area (Å²) in [4.78, 5) is 15.7. The Balaban J connectivity index is 2.20. The minimum Gasteiger partial charge on any atom is -0.359 e. The van der Waals surface area contributed by atoms with Crippen LogP contribution < -0.4 is 0 Å². The number of aromatic nitrogens is 4. The monoisotopic (exact) mass is 296 g/mol. The van der Waals surface area contributed by atoms with Gasteiger partial charge in [-0.05, 0) is 12.0 Å². The van der Waals surface area contributed by atoms with E-state index in [-0.39, 0.29) is 0 Å². The van der Waals surface area contributed by atoms with Crippen LogP contribution in [0.15, 0.2) is 55.9 Å². The van der Waals surface area contributed by atoms with E-state index in [0.29, 0.717) is 11.4 Å². The smallest absolute Gasteiger partial charge is 0.115 e. The molecule has 0 spiro atoms. The zero-order chi connectivity index (χ0) is 14.8. The van der Waals surface area contributed by atoms with Crippen molar-refractivity contribution >= 4 is 22.5 Å². The number of H-pyrrole nitrogens is 1. The molecule has 3 rings (SSSR count). The molecule has 0 radical (unpaired) electrons. The second-order valence-electron chi connectivity index (χ2n) is 4.68. The van der Waals surface area contributed by atoms with Gasteiger partial charge in [-0.15, -0.1) is 0 Å². The standard InChI is InChI=1S/C16H13ClN4/c1-3-10(2)4-11-7-20-16-14(11)13(17)8-21-15(16)12-5-18-9-19-6-12/h3,5-9,20H,1-2,4H2. The molecule has 0 unspecified atom stereocenters. The summed E-state index contributed by atoms with van der Waals surface area (Å²) in [6.45, 7) is 7.69. The molecule has 1 N–H and O–H groups in total. The molecule has 5 heteroatoms. The average molecular weight is 297 g/mol. The maximum atomic E-state index is 6.32. The van der Waals surface area contributed by atoms with Gasteiger partial charge in [0, 0.05) is 35.7 Å². The van der Waals surface area contributed by atoms with Crippen LogP contribution in [0.25, 0.3) is 22.2 Å². The number of aromatic amines is 1. The van der Waals surface area contributed by atoms with Crippen LogP contribution in [0.4, 0.5) is 0 Å². The summed E-state index contributed by atoms with van der Waals surface area (Å²) in [5.74, 6) is 0. The van der Waals surface area contributed by atoms with E-state index in [1.165, 1.54) is 6.33 Å². The Kier molecular flexibility index (Phi) is 3.54. The molecule has 4 nitrogen and oxygen atoms in total. The average Bonchev–Trinajstić information content (AvgIpc) is 2.93. The van der Waals surface area contributed by atoms with Crippen molar-refractivity contribution in [3.63, 3.8) is 0 Å². The summed E-state index contributed by atoms with van der Waals surface area (Å²) in [7, 11) is 0. The zero-order valence-corrected chi connectivity index (χ0v) is 12.1. The molecule has 0 saturated heterocycles. The van der Waals surface area contributed by atoms with Crippen LogP contribution in [0, 0.1) is 0 Å². The number of hydrogen-bond acceptors (Lipinski definition) is 3. The van der Waals surface area contributed by atoms with E-state index in [4.69, 9.17) is 11.6 Å². The van der Waals surface area contributed by atoms with E-state index >= 15 is 0 Å². The van der Waals surface area contributed by atoms with Crippen molar-refractivity contribution in [1.82, 2.24) is 19.9 Å². The van der Waals surface area contributed by atoms with Gasteiger partial charge in [-0.1, -0.05) is 36.4 Å². The van der Waals surface area contributed by atoms with Crippen LogP contribution in [-0.2, 0) is 6.42 Å². The zero-order valence-electron chi connectivity index (χ0n) is 11.3. The number of pyridine rings is 1. The first kappa shape index (κ1) is 13.5. The van der Waals surface area contributed by atoms with Crippen molar-refractivity contribution in [1.29, 1.82) is 0 Å². The van der Waals surface area contributed by atoms with Crippen molar-refractivity contribution in [3.8, 4) is 11.3 Å². The minimum absolute atomic E-state index is 0.610. The van der Waals surface area contributed by atoms with Crippen molar-refractivity contribution in [3.05, 3.63) is 66.5 Å². The Bertz CT molecular complexity index is 821. The van der Waals surface area contributed by atoms with Gasteiger partial charge in [-0.2, -0.15) is 0 Å². The third-order valence-electron chi connectivity index (χ3n) is 3.28. The number of fused-ring (bicyclic) bond motifs is 1. The van der Waals surface area contributed by atoms with Gasteiger partial charge in [0.25, 0.3) is 0 Å². The van der Waals surface area contributed by atoms with Crippen LogP contribution in [0.1, 0.15) is 5.56 Å². The van der Waals surface area contributed by atoms with Gasteiger partial charge < -0.3 is 4.98 Å². The number of halogens is 1. The highest BCUT2D eigenvalue weighted by Gasteiger charge is 2.14. The summed E-state index contributed by atoms with van der Waals surface area (Å²) in [5, 5.41) is 1.56. The molecular weight excluding hydrogens is 284 g/mol. The van der Waals surface area contributed by atoms with Crippen molar-refractivity contribution in [2.24, 2.45) is 0 Å². The number of nitrogens with zero attached hydrogens (tertiary/aromatic N) is 3. The number of nitrogens with one attached hydrogen (secondary N) is 1. The van der Waals surface area contributed by atoms with Crippen LogP contribution >= 0.6 is 11.6 Å². The first-order chi connectivity index (χ1) is 10.2. The second-order valence-corrected chi connectivity index (χ2v) is 5.09. The minimum atomic E-state index is 0.610. The lowest BCUT2D eigenvalue weighted by atomic mass is 10.0. The van der Waals surface area contributed by atoms with E-state index in [1.54, 1.807) is 24.7 Å². The highest BCUT2D eigenvalue weighted by molar-refractivity contribution is 6.36. The molecular formula is C16H13ClN4. The number of allylic oxidation sites excluding steroid dienone is 2. The first-order valence-electron chi connectivity index (χ1n) is 6.40. The predicted molar refractivity (Wildman–Crippen MR) is 85.2 cm³/mol. The molecule has 0 aliphatic rings. The highest BCUT2D eigenvalue weighted by Crippen LogP contribution is 2.33. The first-order valence-corrected chi connectivity index (χ1v) is 6.78. The highest BCUT2D eigenvalue weighted by atomic mass is 35.5. The molecule has 0 saturated carbocycles. The Morgan fingerprint density at radius 1 is 1.29 bits per heavy atom. The SMILES string of the molecule is C=CC(=C)Cc1c[nH]c2c(-c3cncnc3)ncc(Cl)c12. The fraction of sp³-hybridized carbons (Fsp3) is 0.0625. The van der Waals surface area contributed by atoms with Gasteiger partial charge in [0.15, 0.2) is 0 Å². The summed E-state index contributed by atoms with van der Waals surface area (Å²) >= 11 is 6.32. The van der Waals surface area contributed by atoms with E-state index in [1.807, 2.05) is 6.20 Å². The molecule has 3 aromatic heterocycles. The molecule has 3 aromatic rings. The van der Waals surface area contributed by atoms with Crippen LogP contribution in [0.3, 0.4) is 0 Å². The molecule has 0 amide bonds. The number of hydrogen-bond donors (Lipinski definition) is 1. The molecule has 0 atom stereocenters. The molecule has 0 aromatic carbocycles. The molecule has 104 valence electrons. The summed E-state index contributed by atoms with van der Waals surface area (Å²) in [6.07, 6.45) is 11.0. The quantitative estimate of drug-likeness (QED) is 0.741. The van der Waals surface area contributed by atoms with Gasteiger partial charge in [0.2, 0.25) is 0 Å². The van der Waals surface area contributed by atoms with Gasteiger partial charge in [-0.25, -0.2) is 9.97 Å². The third kappa shape index (κ3) is 2.45. The van der Waals surface area contributed by atoms with Crippen molar-refractivity contribution in [2.45, 2.75) is 6.42 Å². The Labute approximate surface area is 127 Å². The molecule has 0 fully saturated rings. The molecule has 0 aliphatic carbocycles. The fourth-order valence-corrected chi connectivity index (χ4v) is 2.54. The Hall–Kier alpha value is -2.46. The normalized spacial score (nSPS) is 10.7. The van der Waals surface area contributed by atoms with Crippen molar-refractivity contribution < 1.29 is 0 Å². The van der Waals surface area contributed by atoms with E-state index in [2.05, 4.69) is 33.1 Å². The van der Waals surface area contributed by atoms with Gasteiger partial charge in [0.05, 0.1) is 16.2 Å². The largest absolute Gasteiger partial charge is 0.359 e. The summed E-state index contributed by atoms with van der Waals surface area (Å²) in [6, 6.07) is 0. The molecule has 0 aliphatic heterocycles. The van der Waals surface area contributed by atoms with Gasteiger partial charge >= 0.3 is 0 Å². The van der Waals surface area contributed by atoms with E-state index < -0.39 is 0 Å². The second kappa shape index (κ2) is 5.50. The fourth-order valence-electron chi connectivity index (χ4n) is 2.27. The maximum Gasteiger partial charge on any atom is 0.115 e. The Morgan fingerprint density at radius 2 is 2.05 bits per heavy atom. The Morgan fingerprint density at radius 3 is 2.76 bits per heavy atom.